The van der Waals surface area contributed by atoms with Gasteiger partial charge in [0.15, 0.2) is 0 Å². The highest BCUT2D eigenvalue weighted by atomic mass is 16.3. The number of hydrogen-bond donors (Lipinski definition) is 2. The van der Waals surface area contributed by atoms with Crippen molar-refractivity contribution in [3.05, 3.63) is 23.9 Å². The number of piperazine rings is 1. The lowest BCUT2D eigenvalue weighted by atomic mass is 10.2. The molecule has 1 saturated heterocycles. The minimum atomic E-state index is -0.568. The highest BCUT2D eigenvalue weighted by molar-refractivity contribution is 5.29. The standard InChI is InChI=1S/C11H18N4O/c1-14-4-6-15(7-5-14)11(16)9-2-3-10(12)13-8-9/h2-3,8,11,16H,4-7H2,1H3,(H2,12,13). The molecule has 1 aliphatic heterocycles. The number of aliphatic hydroxyl groups excluding tert-OH is 1. The molecule has 2 rings (SSSR count). The second kappa shape index (κ2) is 4.78. The van der Waals surface area contributed by atoms with Crippen molar-refractivity contribution in [3.8, 4) is 0 Å². The lowest BCUT2D eigenvalue weighted by Gasteiger charge is -2.35. The van der Waals surface area contributed by atoms with Gasteiger partial charge in [0.2, 0.25) is 0 Å². The Morgan fingerprint density at radius 3 is 2.56 bits per heavy atom. The molecular formula is C11H18N4O. The molecule has 0 radical (unpaired) electrons. The molecule has 1 aromatic rings. The van der Waals surface area contributed by atoms with Crippen molar-refractivity contribution in [2.24, 2.45) is 0 Å². The van der Waals surface area contributed by atoms with Gasteiger partial charge in [0.25, 0.3) is 0 Å². The van der Waals surface area contributed by atoms with Crippen LogP contribution in [0.25, 0.3) is 0 Å². The Morgan fingerprint density at radius 1 is 1.31 bits per heavy atom. The van der Waals surface area contributed by atoms with Crippen LogP contribution in [0.3, 0.4) is 0 Å². The Bertz CT molecular complexity index is 332. The molecular weight excluding hydrogens is 204 g/mol. The summed E-state index contributed by atoms with van der Waals surface area (Å²) < 4.78 is 0. The minimum Gasteiger partial charge on any atom is -0.384 e. The van der Waals surface area contributed by atoms with E-state index in [1.54, 1.807) is 12.3 Å². The Hall–Kier alpha value is -1.17. The van der Waals surface area contributed by atoms with E-state index in [0.29, 0.717) is 5.82 Å². The molecule has 1 unspecified atom stereocenters. The van der Waals surface area contributed by atoms with Crippen molar-refractivity contribution in [2.75, 3.05) is 39.0 Å². The van der Waals surface area contributed by atoms with E-state index in [0.717, 1.165) is 31.7 Å². The Kier molecular flexibility index (Phi) is 3.38. The number of nitrogen functional groups attached to an aromatic ring is 1. The fourth-order valence-electron chi connectivity index (χ4n) is 1.85. The van der Waals surface area contributed by atoms with E-state index in [9.17, 15) is 5.11 Å². The average Bonchev–Trinajstić information content (AvgIpc) is 2.30. The molecule has 0 bridgehead atoms. The van der Waals surface area contributed by atoms with Crippen LogP contribution in [-0.2, 0) is 0 Å². The predicted octanol–water partition coefficient (Wildman–Crippen LogP) is -0.0979. The van der Waals surface area contributed by atoms with Gasteiger partial charge in [-0.1, -0.05) is 0 Å². The van der Waals surface area contributed by atoms with Crippen LogP contribution in [0, 0.1) is 0 Å². The molecule has 3 N–H and O–H groups in total. The Morgan fingerprint density at radius 2 is 2.00 bits per heavy atom. The second-order valence-electron chi connectivity index (χ2n) is 4.23. The summed E-state index contributed by atoms with van der Waals surface area (Å²) in [6, 6.07) is 3.54. The Balaban J connectivity index is 2.01. The van der Waals surface area contributed by atoms with E-state index < -0.39 is 6.23 Å². The molecule has 1 aromatic heterocycles. The van der Waals surface area contributed by atoms with Gasteiger partial charge in [-0.25, -0.2) is 4.98 Å². The van der Waals surface area contributed by atoms with Gasteiger partial charge in [-0.2, -0.15) is 0 Å². The fraction of sp³-hybridized carbons (Fsp3) is 0.545. The predicted molar refractivity (Wildman–Crippen MR) is 62.7 cm³/mol. The fourth-order valence-corrected chi connectivity index (χ4v) is 1.85. The number of nitrogens with two attached hydrogens (primary N) is 1. The number of aromatic nitrogens is 1. The van der Waals surface area contributed by atoms with E-state index >= 15 is 0 Å². The Labute approximate surface area is 95.5 Å². The van der Waals surface area contributed by atoms with Gasteiger partial charge < -0.3 is 15.7 Å². The number of hydrogen-bond acceptors (Lipinski definition) is 5. The third kappa shape index (κ3) is 2.49. The number of rotatable bonds is 2. The number of likely N-dealkylation sites (N-methyl/N-ethyl adjacent to an activating group) is 1. The molecule has 0 amide bonds. The van der Waals surface area contributed by atoms with Crippen molar-refractivity contribution < 1.29 is 5.11 Å². The molecule has 88 valence electrons. The molecule has 0 aliphatic carbocycles. The van der Waals surface area contributed by atoms with Crippen molar-refractivity contribution in [1.29, 1.82) is 0 Å². The topological polar surface area (TPSA) is 65.6 Å². The van der Waals surface area contributed by atoms with Gasteiger partial charge in [0, 0.05) is 37.9 Å². The molecule has 2 heterocycles. The minimum absolute atomic E-state index is 0.481. The lowest BCUT2D eigenvalue weighted by molar-refractivity contribution is -0.0234. The molecule has 1 atom stereocenters. The average molecular weight is 222 g/mol. The van der Waals surface area contributed by atoms with E-state index in [1.165, 1.54) is 0 Å². The second-order valence-corrected chi connectivity index (χ2v) is 4.23. The molecule has 1 aliphatic rings. The van der Waals surface area contributed by atoms with E-state index in [2.05, 4.69) is 16.9 Å². The van der Waals surface area contributed by atoms with Crippen LogP contribution in [0.1, 0.15) is 11.8 Å². The van der Waals surface area contributed by atoms with Crippen LogP contribution in [0.5, 0.6) is 0 Å². The third-order valence-electron chi connectivity index (χ3n) is 2.99. The van der Waals surface area contributed by atoms with Crippen molar-refractivity contribution >= 4 is 5.82 Å². The summed E-state index contributed by atoms with van der Waals surface area (Å²) >= 11 is 0. The van der Waals surface area contributed by atoms with E-state index in [1.807, 2.05) is 11.0 Å². The quantitative estimate of drug-likeness (QED) is 0.731. The number of aliphatic hydroxyl groups is 1. The van der Waals surface area contributed by atoms with Gasteiger partial charge in [0.1, 0.15) is 12.0 Å². The summed E-state index contributed by atoms with van der Waals surface area (Å²) in [6.07, 6.45) is 1.07. The van der Waals surface area contributed by atoms with Crippen molar-refractivity contribution in [3.63, 3.8) is 0 Å². The lowest BCUT2D eigenvalue weighted by Crippen LogP contribution is -2.45. The maximum atomic E-state index is 10.1. The van der Waals surface area contributed by atoms with Gasteiger partial charge in [-0.05, 0) is 19.2 Å². The molecule has 5 heteroatoms. The summed E-state index contributed by atoms with van der Waals surface area (Å²) in [5.74, 6) is 0.481. The zero-order chi connectivity index (χ0) is 11.5. The monoisotopic (exact) mass is 222 g/mol. The van der Waals surface area contributed by atoms with Gasteiger partial charge in [0.05, 0.1) is 0 Å². The van der Waals surface area contributed by atoms with Crippen molar-refractivity contribution in [1.82, 2.24) is 14.8 Å². The first kappa shape index (κ1) is 11.3. The maximum Gasteiger partial charge on any atom is 0.135 e. The molecule has 5 nitrogen and oxygen atoms in total. The molecule has 1 fully saturated rings. The molecule has 0 aromatic carbocycles. The molecule has 16 heavy (non-hydrogen) atoms. The summed E-state index contributed by atoms with van der Waals surface area (Å²) in [4.78, 5) is 8.29. The molecule has 0 saturated carbocycles. The smallest absolute Gasteiger partial charge is 0.135 e. The van der Waals surface area contributed by atoms with Crippen LogP contribution in [0.15, 0.2) is 18.3 Å². The van der Waals surface area contributed by atoms with E-state index in [4.69, 9.17) is 5.73 Å². The first-order valence-electron chi connectivity index (χ1n) is 5.49. The summed E-state index contributed by atoms with van der Waals surface area (Å²) in [6.45, 7) is 3.73. The number of nitrogens with zero attached hydrogens (tertiary/aromatic N) is 3. The summed E-state index contributed by atoms with van der Waals surface area (Å²) in [7, 11) is 2.09. The largest absolute Gasteiger partial charge is 0.384 e. The third-order valence-corrected chi connectivity index (χ3v) is 2.99. The number of anilines is 1. The summed E-state index contributed by atoms with van der Waals surface area (Å²) in [5, 5.41) is 10.1. The zero-order valence-corrected chi connectivity index (χ0v) is 9.50. The van der Waals surface area contributed by atoms with Crippen LogP contribution in [0.4, 0.5) is 5.82 Å². The first-order valence-corrected chi connectivity index (χ1v) is 5.49. The van der Waals surface area contributed by atoms with Crippen molar-refractivity contribution in [2.45, 2.75) is 6.23 Å². The summed E-state index contributed by atoms with van der Waals surface area (Å²) in [5.41, 5.74) is 6.31. The van der Waals surface area contributed by atoms with Crippen LogP contribution in [-0.4, -0.2) is 53.1 Å². The normalized spacial score (nSPS) is 20.9. The van der Waals surface area contributed by atoms with Gasteiger partial charge in [-0.3, -0.25) is 4.90 Å². The van der Waals surface area contributed by atoms with Crippen LogP contribution < -0.4 is 5.73 Å². The maximum absolute atomic E-state index is 10.1. The van der Waals surface area contributed by atoms with Gasteiger partial charge in [-0.15, -0.1) is 0 Å². The zero-order valence-electron chi connectivity index (χ0n) is 9.50. The van der Waals surface area contributed by atoms with E-state index in [-0.39, 0.29) is 0 Å². The number of pyridine rings is 1. The highest BCUT2D eigenvalue weighted by Gasteiger charge is 2.21. The first-order chi connectivity index (χ1) is 7.66. The highest BCUT2D eigenvalue weighted by Crippen LogP contribution is 2.18. The van der Waals surface area contributed by atoms with Gasteiger partial charge >= 0.3 is 0 Å². The molecule has 0 spiro atoms. The van der Waals surface area contributed by atoms with Crippen LogP contribution >= 0.6 is 0 Å². The van der Waals surface area contributed by atoms with Crippen LogP contribution in [0.2, 0.25) is 0 Å². The SMILES string of the molecule is CN1CCN(C(O)c2ccc(N)nc2)CC1.